The van der Waals surface area contributed by atoms with Crippen LogP contribution in [0, 0.1) is 12.8 Å². The van der Waals surface area contributed by atoms with Gasteiger partial charge in [0.05, 0.1) is 12.7 Å². The topological polar surface area (TPSA) is 34.1 Å². The van der Waals surface area contributed by atoms with Gasteiger partial charge in [0.2, 0.25) is 5.88 Å². The summed E-state index contributed by atoms with van der Waals surface area (Å²) in [5, 5.41) is 4.78. The Balaban J connectivity index is 1.99. The number of fused-ring (bicyclic) bond motifs is 1. The summed E-state index contributed by atoms with van der Waals surface area (Å²) in [4.78, 5) is 4.38. The van der Waals surface area contributed by atoms with E-state index in [0.29, 0.717) is 35.5 Å². The van der Waals surface area contributed by atoms with Gasteiger partial charge in [-0.3, -0.25) is 0 Å². The molecule has 1 heterocycles. The van der Waals surface area contributed by atoms with Crippen molar-refractivity contribution < 1.29 is 17.9 Å². The summed E-state index contributed by atoms with van der Waals surface area (Å²) in [5.74, 6) is 0.966. The highest BCUT2D eigenvalue weighted by Crippen LogP contribution is 2.35. The lowest BCUT2D eigenvalue weighted by atomic mass is 9.90. The first-order chi connectivity index (χ1) is 12.3. The smallest absolute Gasteiger partial charge is 0.416 e. The number of rotatable bonds is 4. The predicted octanol–water partition coefficient (Wildman–Crippen LogP) is 5.01. The van der Waals surface area contributed by atoms with E-state index in [1.165, 1.54) is 19.2 Å². The molecule has 0 amide bonds. The normalized spacial score (nSPS) is 20.5. The third-order valence-corrected chi connectivity index (χ3v) is 5.08. The molecule has 0 saturated carbocycles. The van der Waals surface area contributed by atoms with Crippen molar-refractivity contribution in [3.05, 3.63) is 47.2 Å². The van der Waals surface area contributed by atoms with E-state index in [2.05, 4.69) is 29.4 Å². The first kappa shape index (κ1) is 18.7. The summed E-state index contributed by atoms with van der Waals surface area (Å²) in [7, 11) is 1.53. The Morgan fingerprint density at radius 1 is 1.19 bits per heavy atom. The summed E-state index contributed by atoms with van der Waals surface area (Å²) in [6.07, 6.45) is 1.94. The molecule has 0 bridgehead atoms. The molecule has 1 aliphatic rings. The average Bonchev–Trinajstić information content (AvgIpc) is 2.61. The number of pyridine rings is 1. The van der Waals surface area contributed by atoms with Crippen molar-refractivity contribution in [3.8, 4) is 5.88 Å². The molecule has 0 radical (unpaired) electrons. The number of hydrogen-bond donors (Lipinski definition) is 1. The van der Waals surface area contributed by atoms with Crippen LogP contribution in [-0.2, 0) is 12.7 Å². The number of benzene rings is 1. The predicted molar refractivity (Wildman–Crippen MR) is 96.2 cm³/mol. The van der Waals surface area contributed by atoms with Gasteiger partial charge >= 0.3 is 6.18 Å². The monoisotopic (exact) mass is 364 g/mol. The molecule has 1 N–H and O–H groups in total. The highest BCUT2D eigenvalue weighted by Gasteiger charge is 2.31. The van der Waals surface area contributed by atoms with Crippen molar-refractivity contribution in [1.82, 2.24) is 10.3 Å². The quantitative estimate of drug-likeness (QED) is 0.774. The maximum absolute atomic E-state index is 13.1. The van der Waals surface area contributed by atoms with E-state index in [9.17, 15) is 13.2 Å². The van der Waals surface area contributed by atoms with Crippen LogP contribution in [0.25, 0.3) is 10.8 Å². The van der Waals surface area contributed by atoms with Gasteiger partial charge in [-0.15, -0.1) is 0 Å². The highest BCUT2D eigenvalue weighted by atomic mass is 19.4. The van der Waals surface area contributed by atoms with Crippen LogP contribution >= 0.6 is 0 Å². The van der Waals surface area contributed by atoms with E-state index in [-0.39, 0.29) is 0 Å². The molecule has 26 heavy (non-hydrogen) atoms. The number of nitrogens with one attached hydrogen (secondary N) is 1. The molecule has 0 saturated heterocycles. The van der Waals surface area contributed by atoms with E-state index in [4.69, 9.17) is 4.74 Å². The van der Waals surface area contributed by atoms with Crippen LogP contribution < -0.4 is 10.1 Å². The zero-order valence-electron chi connectivity index (χ0n) is 15.2. The second kappa shape index (κ2) is 7.27. The van der Waals surface area contributed by atoms with Crippen molar-refractivity contribution >= 4 is 10.8 Å². The number of aromatic nitrogens is 1. The summed E-state index contributed by atoms with van der Waals surface area (Å²) in [5.41, 5.74) is 0.661. The molecule has 0 fully saturated rings. The Morgan fingerprint density at radius 2 is 1.92 bits per heavy atom. The van der Waals surface area contributed by atoms with Gasteiger partial charge in [-0.1, -0.05) is 25.1 Å². The van der Waals surface area contributed by atoms with Crippen LogP contribution in [0.3, 0.4) is 0 Å². The molecule has 6 heteroatoms. The van der Waals surface area contributed by atoms with E-state index >= 15 is 0 Å². The van der Waals surface area contributed by atoms with E-state index < -0.39 is 11.7 Å². The fourth-order valence-electron chi connectivity index (χ4n) is 3.49. The maximum atomic E-state index is 13.1. The number of aryl methyl sites for hydroxylation is 1. The number of ether oxygens (including phenoxy) is 1. The zero-order valence-corrected chi connectivity index (χ0v) is 15.2. The molecular formula is C20H23F3N2O. The standard InChI is InChI=1S/C20H23F3N2O/c1-12-6-4-5-7-18(12)24-11-17-15-9-8-14(20(21,22)23)10-16(15)13(2)25-19(17)26-3/h4-5,8-10,12,18,24H,6-7,11H2,1-3H3/t12-,18?/m0/s1. The van der Waals surface area contributed by atoms with E-state index in [0.717, 1.165) is 29.9 Å². The van der Waals surface area contributed by atoms with Gasteiger partial charge in [-0.25, -0.2) is 4.98 Å². The van der Waals surface area contributed by atoms with E-state index in [1.54, 1.807) is 6.92 Å². The number of nitrogens with zero attached hydrogens (tertiary/aromatic N) is 1. The molecule has 140 valence electrons. The SMILES string of the molecule is COc1nc(C)c2cc(C(F)(F)F)ccc2c1CNC1CC=CC[C@@H]1C. The number of methoxy groups -OCH3 is 1. The van der Waals surface area contributed by atoms with Crippen molar-refractivity contribution in [2.75, 3.05) is 7.11 Å². The second-order valence-corrected chi connectivity index (χ2v) is 6.85. The van der Waals surface area contributed by atoms with Gasteiger partial charge < -0.3 is 10.1 Å². The minimum atomic E-state index is -4.37. The molecule has 2 aromatic rings. The fraction of sp³-hybridized carbons (Fsp3) is 0.450. The molecule has 0 spiro atoms. The van der Waals surface area contributed by atoms with Crippen LogP contribution in [-0.4, -0.2) is 18.1 Å². The first-order valence-corrected chi connectivity index (χ1v) is 8.74. The minimum absolute atomic E-state index is 0.329. The Kier molecular flexibility index (Phi) is 5.23. The molecule has 1 aromatic carbocycles. The Bertz CT molecular complexity index is 830. The van der Waals surface area contributed by atoms with E-state index in [1.807, 2.05) is 0 Å². The lowest BCUT2D eigenvalue weighted by Gasteiger charge is -2.27. The minimum Gasteiger partial charge on any atom is -0.481 e. The molecule has 0 aliphatic heterocycles. The van der Waals surface area contributed by atoms with Crippen molar-refractivity contribution in [1.29, 1.82) is 0 Å². The number of halogens is 3. The molecular weight excluding hydrogens is 341 g/mol. The summed E-state index contributed by atoms with van der Waals surface area (Å²) in [6, 6.07) is 4.15. The van der Waals surface area contributed by atoms with Crippen LogP contribution in [0.2, 0.25) is 0 Å². The lowest BCUT2D eigenvalue weighted by Crippen LogP contribution is -2.35. The highest BCUT2D eigenvalue weighted by molar-refractivity contribution is 5.89. The van der Waals surface area contributed by atoms with Gasteiger partial charge in [0.15, 0.2) is 0 Å². The Hall–Kier alpha value is -2.08. The number of hydrogen-bond acceptors (Lipinski definition) is 3. The van der Waals surface area contributed by atoms with Gasteiger partial charge in [0.1, 0.15) is 0 Å². The summed E-state index contributed by atoms with van der Waals surface area (Å²) < 4.78 is 44.6. The van der Waals surface area contributed by atoms with Crippen LogP contribution in [0.15, 0.2) is 30.4 Å². The molecule has 3 rings (SSSR count). The van der Waals surface area contributed by atoms with Gasteiger partial charge in [-0.05, 0) is 43.2 Å². The van der Waals surface area contributed by atoms with Gasteiger partial charge in [0, 0.05) is 29.2 Å². The van der Waals surface area contributed by atoms with Crippen LogP contribution in [0.1, 0.15) is 36.6 Å². The summed E-state index contributed by atoms with van der Waals surface area (Å²) >= 11 is 0. The molecule has 1 aromatic heterocycles. The molecule has 1 aliphatic carbocycles. The van der Waals surface area contributed by atoms with Gasteiger partial charge in [0.25, 0.3) is 0 Å². The lowest BCUT2D eigenvalue weighted by molar-refractivity contribution is -0.137. The van der Waals surface area contributed by atoms with Crippen LogP contribution in [0.4, 0.5) is 13.2 Å². The molecule has 3 nitrogen and oxygen atoms in total. The zero-order chi connectivity index (χ0) is 18.9. The third kappa shape index (κ3) is 3.70. The summed E-state index contributed by atoms with van der Waals surface area (Å²) in [6.45, 7) is 4.40. The first-order valence-electron chi connectivity index (χ1n) is 8.74. The van der Waals surface area contributed by atoms with Crippen LogP contribution in [0.5, 0.6) is 5.88 Å². The van der Waals surface area contributed by atoms with Crippen molar-refractivity contribution in [2.45, 2.75) is 45.5 Å². The Morgan fingerprint density at radius 3 is 2.58 bits per heavy atom. The molecule has 1 unspecified atom stereocenters. The van der Waals surface area contributed by atoms with Crippen molar-refractivity contribution in [3.63, 3.8) is 0 Å². The third-order valence-electron chi connectivity index (χ3n) is 5.08. The Labute approximate surface area is 151 Å². The average molecular weight is 364 g/mol. The number of allylic oxidation sites excluding steroid dienone is 1. The van der Waals surface area contributed by atoms with Gasteiger partial charge in [-0.2, -0.15) is 13.2 Å². The second-order valence-electron chi connectivity index (χ2n) is 6.85. The fourth-order valence-corrected chi connectivity index (χ4v) is 3.49. The number of alkyl halides is 3. The van der Waals surface area contributed by atoms with Crippen molar-refractivity contribution in [2.24, 2.45) is 5.92 Å². The maximum Gasteiger partial charge on any atom is 0.416 e. The molecule has 2 atom stereocenters. The largest absolute Gasteiger partial charge is 0.481 e.